The van der Waals surface area contributed by atoms with Gasteiger partial charge in [-0.15, -0.1) is 0 Å². The van der Waals surface area contributed by atoms with Crippen LogP contribution in [0.3, 0.4) is 0 Å². The van der Waals surface area contributed by atoms with E-state index in [1.807, 2.05) is 34.6 Å². The zero-order valence-electron chi connectivity index (χ0n) is 8.95. The van der Waals surface area contributed by atoms with E-state index in [0.29, 0.717) is 5.12 Å². The van der Waals surface area contributed by atoms with Crippen molar-refractivity contribution in [3.63, 3.8) is 0 Å². The molecule has 0 amide bonds. The molecule has 3 nitrogen and oxygen atoms in total. The highest BCUT2D eigenvalue weighted by Gasteiger charge is 2.39. The predicted octanol–water partition coefficient (Wildman–Crippen LogP) is 2.21. The molecule has 1 atom stereocenters. The Kier molecular flexibility index (Phi) is 2.50. The van der Waals surface area contributed by atoms with Gasteiger partial charge in [-0.2, -0.15) is 10.2 Å². The van der Waals surface area contributed by atoms with E-state index < -0.39 is 0 Å². The Hall–Kier alpha value is -0.800. The van der Waals surface area contributed by atoms with E-state index in [-0.39, 0.29) is 17.6 Å². The molecule has 0 aromatic rings. The van der Waals surface area contributed by atoms with Crippen molar-refractivity contribution in [3.8, 4) is 0 Å². The molecule has 0 fully saturated rings. The van der Waals surface area contributed by atoms with Gasteiger partial charge in [-0.1, -0.05) is 25.3 Å². The van der Waals surface area contributed by atoms with Crippen LogP contribution in [0.5, 0.6) is 0 Å². The van der Waals surface area contributed by atoms with E-state index in [1.165, 1.54) is 6.34 Å². The first-order chi connectivity index (χ1) is 5.84. The first-order valence-electron chi connectivity index (χ1n) is 4.60. The SMILES string of the molecule is CC(C)N1N=CN(F)C1C(C)(C)C. The van der Waals surface area contributed by atoms with Crippen molar-refractivity contribution in [1.29, 1.82) is 0 Å². The zero-order chi connectivity index (χ0) is 10.2. The third-order valence-electron chi connectivity index (χ3n) is 2.08. The van der Waals surface area contributed by atoms with Crippen LogP contribution in [0.25, 0.3) is 0 Å². The summed E-state index contributed by atoms with van der Waals surface area (Å²) in [7, 11) is 0. The van der Waals surface area contributed by atoms with Gasteiger partial charge in [0.15, 0.2) is 6.17 Å². The van der Waals surface area contributed by atoms with Crippen molar-refractivity contribution in [2.45, 2.75) is 46.8 Å². The number of hydrazone groups is 1. The van der Waals surface area contributed by atoms with Crippen molar-refractivity contribution in [2.24, 2.45) is 10.5 Å². The van der Waals surface area contributed by atoms with Gasteiger partial charge in [-0.25, -0.2) is 0 Å². The molecule has 76 valence electrons. The Morgan fingerprint density at radius 1 is 1.38 bits per heavy atom. The number of hydrogen-bond acceptors (Lipinski definition) is 3. The maximum absolute atomic E-state index is 13.3. The third-order valence-corrected chi connectivity index (χ3v) is 2.08. The molecular formula is C9H18FN3. The minimum Gasteiger partial charge on any atom is -0.267 e. The zero-order valence-corrected chi connectivity index (χ0v) is 8.95. The first-order valence-corrected chi connectivity index (χ1v) is 4.60. The second-order valence-corrected chi connectivity index (χ2v) is 4.79. The molecule has 1 heterocycles. The number of rotatable bonds is 1. The molecule has 0 radical (unpaired) electrons. The van der Waals surface area contributed by atoms with Crippen LogP contribution in [0.15, 0.2) is 5.10 Å². The van der Waals surface area contributed by atoms with Crippen LogP contribution in [-0.4, -0.2) is 28.7 Å². The number of halogens is 1. The summed E-state index contributed by atoms with van der Waals surface area (Å²) in [5.41, 5.74) is -0.143. The highest BCUT2D eigenvalue weighted by atomic mass is 19.2. The molecule has 0 aliphatic carbocycles. The predicted molar refractivity (Wildman–Crippen MR) is 51.7 cm³/mol. The lowest BCUT2D eigenvalue weighted by Gasteiger charge is -2.37. The summed E-state index contributed by atoms with van der Waals surface area (Å²) in [4.78, 5) is 0. The molecule has 0 spiro atoms. The fourth-order valence-corrected chi connectivity index (χ4v) is 1.53. The van der Waals surface area contributed by atoms with Gasteiger partial charge >= 0.3 is 0 Å². The van der Waals surface area contributed by atoms with Crippen LogP contribution >= 0.6 is 0 Å². The van der Waals surface area contributed by atoms with Gasteiger partial charge in [0.25, 0.3) is 0 Å². The van der Waals surface area contributed by atoms with Crippen molar-refractivity contribution < 1.29 is 4.48 Å². The van der Waals surface area contributed by atoms with Crippen LogP contribution in [0, 0.1) is 5.41 Å². The monoisotopic (exact) mass is 187 g/mol. The summed E-state index contributed by atoms with van der Waals surface area (Å²) in [6, 6.07) is 0.223. The molecule has 0 aromatic carbocycles. The largest absolute Gasteiger partial charge is 0.267 e. The van der Waals surface area contributed by atoms with Gasteiger partial charge in [-0.05, 0) is 13.8 Å². The first kappa shape index (κ1) is 10.3. The second-order valence-electron chi connectivity index (χ2n) is 4.79. The fourth-order valence-electron chi connectivity index (χ4n) is 1.53. The van der Waals surface area contributed by atoms with Crippen molar-refractivity contribution in [3.05, 3.63) is 0 Å². The molecule has 1 aliphatic rings. The van der Waals surface area contributed by atoms with Gasteiger partial charge in [0.05, 0.1) is 0 Å². The summed E-state index contributed by atoms with van der Waals surface area (Å²) in [6.07, 6.45) is 0.961. The Balaban J connectivity index is 2.82. The average molecular weight is 187 g/mol. The van der Waals surface area contributed by atoms with Gasteiger partial charge in [0, 0.05) is 11.5 Å². The van der Waals surface area contributed by atoms with Crippen molar-refractivity contribution in [2.75, 3.05) is 0 Å². The van der Waals surface area contributed by atoms with Crippen molar-refractivity contribution in [1.82, 2.24) is 10.1 Å². The average Bonchev–Trinajstić information content (AvgIpc) is 2.28. The molecule has 4 heteroatoms. The Labute approximate surface area is 79.1 Å². The molecule has 0 saturated heterocycles. The van der Waals surface area contributed by atoms with Crippen LogP contribution in [0.1, 0.15) is 34.6 Å². The maximum Gasteiger partial charge on any atom is 0.154 e. The summed E-state index contributed by atoms with van der Waals surface area (Å²) in [5, 5.41) is 6.50. The number of nitrogens with zero attached hydrogens (tertiary/aromatic N) is 3. The van der Waals surface area contributed by atoms with Crippen LogP contribution < -0.4 is 0 Å². The summed E-state index contributed by atoms with van der Waals surface area (Å²) in [6.45, 7) is 10.0. The lowest BCUT2D eigenvalue weighted by atomic mass is 9.91. The quantitative estimate of drug-likeness (QED) is 0.586. The van der Waals surface area contributed by atoms with E-state index in [9.17, 15) is 4.48 Å². The van der Waals surface area contributed by atoms with E-state index in [1.54, 1.807) is 5.01 Å². The molecule has 0 saturated carbocycles. The molecule has 13 heavy (non-hydrogen) atoms. The van der Waals surface area contributed by atoms with Gasteiger partial charge < -0.3 is 0 Å². The molecule has 1 aliphatic heterocycles. The van der Waals surface area contributed by atoms with E-state index in [4.69, 9.17) is 0 Å². The molecule has 0 aromatic heterocycles. The molecule has 0 bridgehead atoms. The van der Waals surface area contributed by atoms with E-state index >= 15 is 0 Å². The summed E-state index contributed by atoms with van der Waals surface area (Å²) >= 11 is 0. The Bertz CT molecular complexity index is 207. The topological polar surface area (TPSA) is 18.8 Å². The lowest BCUT2D eigenvalue weighted by molar-refractivity contribution is -0.0670. The fraction of sp³-hybridized carbons (Fsp3) is 0.889. The van der Waals surface area contributed by atoms with Crippen LogP contribution in [-0.2, 0) is 0 Å². The van der Waals surface area contributed by atoms with Crippen molar-refractivity contribution >= 4 is 6.34 Å². The minimum absolute atomic E-state index is 0.143. The highest BCUT2D eigenvalue weighted by molar-refractivity contribution is 5.55. The van der Waals surface area contributed by atoms with E-state index in [2.05, 4.69) is 5.10 Å². The Morgan fingerprint density at radius 3 is 2.23 bits per heavy atom. The summed E-state index contributed by atoms with van der Waals surface area (Å²) in [5.74, 6) is 0. The standard InChI is InChI=1S/C9H18FN3/c1-7(2)13-8(9(3,4)5)12(10)6-11-13/h6-8H,1-5H3. The smallest absolute Gasteiger partial charge is 0.154 e. The third kappa shape index (κ3) is 1.92. The number of hydrogen-bond donors (Lipinski definition) is 0. The van der Waals surface area contributed by atoms with Crippen LogP contribution in [0.2, 0.25) is 0 Å². The summed E-state index contributed by atoms with van der Waals surface area (Å²) < 4.78 is 13.3. The molecule has 1 rings (SSSR count). The van der Waals surface area contributed by atoms with Gasteiger partial charge in [0.2, 0.25) is 0 Å². The molecule has 1 unspecified atom stereocenters. The van der Waals surface area contributed by atoms with Crippen LogP contribution in [0.4, 0.5) is 4.48 Å². The molecule has 0 N–H and O–H groups in total. The van der Waals surface area contributed by atoms with Gasteiger partial charge in [0.1, 0.15) is 6.34 Å². The minimum atomic E-state index is -0.285. The maximum atomic E-state index is 13.3. The van der Waals surface area contributed by atoms with E-state index in [0.717, 1.165) is 0 Å². The van der Waals surface area contributed by atoms with Gasteiger partial charge in [-0.3, -0.25) is 5.01 Å². The Morgan fingerprint density at radius 2 is 1.92 bits per heavy atom. The lowest BCUT2D eigenvalue weighted by Crippen LogP contribution is -2.47. The molecular weight excluding hydrogens is 169 g/mol. The second kappa shape index (κ2) is 3.16. The normalized spacial score (nSPS) is 23.5. The highest BCUT2D eigenvalue weighted by Crippen LogP contribution is 2.31.